The van der Waals surface area contributed by atoms with Crippen molar-refractivity contribution in [1.82, 2.24) is 20.2 Å². The van der Waals surface area contributed by atoms with E-state index < -0.39 is 0 Å². The summed E-state index contributed by atoms with van der Waals surface area (Å²) in [7, 11) is 0. The highest BCUT2D eigenvalue weighted by Crippen LogP contribution is 2.20. The number of nitrogens with zero attached hydrogens (tertiary/aromatic N) is 4. The summed E-state index contributed by atoms with van der Waals surface area (Å²) in [5.41, 5.74) is 0. The van der Waals surface area contributed by atoms with Crippen molar-refractivity contribution >= 4 is 11.9 Å². The lowest BCUT2D eigenvalue weighted by molar-refractivity contribution is -0.125. The van der Waals surface area contributed by atoms with Gasteiger partial charge in [-0.05, 0) is 24.8 Å². The second kappa shape index (κ2) is 9.28. The molecule has 3 heterocycles. The first-order chi connectivity index (χ1) is 12.6. The third kappa shape index (κ3) is 4.92. The molecule has 0 spiro atoms. The maximum atomic E-state index is 12.8. The molecule has 7 heteroatoms. The Labute approximate surface area is 156 Å². The molecule has 0 aromatic carbocycles. The molecule has 1 amide bonds. The number of hydrogen-bond acceptors (Lipinski definition) is 6. The lowest BCUT2D eigenvalue weighted by atomic mass is 9.96. The van der Waals surface area contributed by atoms with E-state index in [1.165, 1.54) is 0 Å². The van der Waals surface area contributed by atoms with Crippen molar-refractivity contribution in [3.63, 3.8) is 0 Å². The second-order valence-corrected chi connectivity index (χ2v) is 7.54. The van der Waals surface area contributed by atoms with E-state index in [-0.39, 0.29) is 11.8 Å². The Bertz CT molecular complexity index is 562. The van der Waals surface area contributed by atoms with Crippen LogP contribution in [-0.2, 0) is 9.53 Å². The smallest absolute Gasteiger partial charge is 0.225 e. The molecule has 0 saturated carbocycles. The third-order valence-electron chi connectivity index (χ3n) is 5.40. The fourth-order valence-corrected chi connectivity index (χ4v) is 3.87. The molecule has 3 rings (SSSR count). The summed E-state index contributed by atoms with van der Waals surface area (Å²) in [5, 5.41) is 3.21. The zero-order valence-corrected chi connectivity index (χ0v) is 15.9. The maximum absolute atomic E-state index is 12.8. The van der Waals surface area contributed by atoms with Gasteiger partial charge >= 0.3 is 0 Å². The van der Waals surface area contributed by atoms with Crippen molar-refractivity contribution in [3.8, 4) is 0 Å². The Morgan fingerprint density at radius 3 is 2.69 bits per heavy atom. The van der Waals surface area contributed by atoms with Crippen LogP contribution in [0.1, 0.15) is 26.7 Å². The molecular formula is C19H31N5O2. The molecule has 144 valence electrons. The number of nitrogens with one attached hydrogen (secondary N) is 1. The molecule has 0 radical (unpaired) electrons. The summed E-state index contributed by atoms with van der Waals surface area (Å²) in [6.07, 6.45) is 5.43. The minimum Gasteiger partial charge on any atom is -0.379 e. The van der Waals surface area contributed by atoms with Crippen LogP contribution in [-0.4, -0.2) is 72.8 Å². The number of rotatable bonds is 6. The first-order valence-electron chi connectivity index (χ1n) is 9.76. The molecule has 2 saturated heterocycles. The minimum absolute atomic E-state index is 0.00468. The number of morpholine rings is 1. The first-order valence-corrected chi connectivity index (χ1v) is 9.76. The van der Waals surface area contributed by atoms with Gasteiger partial charge in [0.15, 0.2) is 0 Å². The lowest BCUT2D eigenvalue weighted by Gasteiger charge is -2.37. The van der Waals surface area contributed by atoms with Crippen LogP contribution < -0.4 is 10.2 Å². The topological polar surface area (TPSA) is 70.6 Å². The fraction of sp³-hybridized carbons (Fsp3) is 0.737. The molecule has 7 nitrogen and oxygen atoms in total. The fourth-order valence-electron chi connectivity index (χ4n) is 3.87. The molecule has 2 unspecified atom stereocenters. The quantitative estimate of drug-likeness (QED) is 0.820. The third-order valence-corrected chi connectivity index (χ3v) is 5.40. The van der Waals surface area contributed by atoms with E-state index in [4.69, 9.17) is 4.74 Å². The molecule has 2 aliphatic heterocycles. The van der Waals surface area contributed by atoms with Crippen molar-refractivity contribution in [1.29, 1.82) is 0 Å². The van der Waals surface area contributed by atoms with Crippen LogP contribution in [0, 0.1) is 11.8 Å². The number of anilines is 1. The van der Waals surface area contributed by atoms with E-state index in [9.17, 15) is 4.79 Å². The van der Waals surface area contributed by atoms with Gasteiger partial charge in [0.25, 0.3) is 0 Å². The summed E-state index contributed by atoms with van der Waals surface area (Å²) in [6, 6.07) is 2.18. The van der Waals surface area contributed by atoms with Crippen molar-refractivity contribution in [2.24, 2.45) is 11.8 Å². The molecule has 2 fully saturated rings. The van der Waals surface area contributed by atoms with Crippen LogP contribution in [0.15, 0.2) is 18.5 Å². The number of ether oxygens (including phenoxy) is 1. The summed E-state index contributed by atoms with van der Waals surface area (Å²) < 4.78 is 5.46. The van der Waals surface area contributed by atoms with Crippen LogP contribution >= 0.6 is 0 Å². The summed E-state index contributed by atoms with van der Waals surface area (Å²) in [5.74, 6) is 1.38. The molecule has 0 bridgehead atoms. The van der Waals surface area contributed by atoms with Crippen LogP contribution in [0.2, 0.25) is 0 Å². The van der Waals surface area contributed by atoms with E-state index in [2.05, 4.69) is 38.9 Å². The van der Waals surface area contributed by atoms with E-state index in [0.717, 1.165) is 51.6 Å². The van der Waals surface area contributed by atoms with Crippen LogP contribution in [0.4, 0.5) is 5.95 Å². The van der Waals surface area contributed by atoms with Gasteiger partial charge in [0.2, 0.25) is 11.9 Å². The number of aromatic nitrogens is 2. The van der Waals surface area contributed by atoms with Gasteiger partial charge in [-0.15, -0.1) is 0 Å². The average molecular weight is 361 g/mol. The predicted molar refractivity (Wildman–Crippen MR) is 101 cm³/mol. The number of piperidine rings is 1. The molecule has 2 aliphatic rings. The first kappa shape index (κ1) is 19.0. The second-order valence-electron chi connectivity index (χ2n) is 7.54. The zero-order chi connectivity index (χ0) is 18.4. The molecule has 1 aromatic rings. The van der Waals surface area contributed by atoms with E-state index in [1.54, 1.807) is 12.4 Å². The van der Waals surface area contributed by atoms with Crippen molar-refractivity contribution < 1.29 is 9.53 Å². The Balaban J connectivity index is 1.53. The summed E-state index contributed by atoms with van der Waals surface area (Å²) in [6.45, 7) is 10.2. The Kier molecular flexibility index (Phi) is 6.80. The summed E-state index contributed by atoms with van der Waals surface area (Å²) in [4.78, 5) is 26.0. The standard InChI is InChI=1S/C19H31N5O2/c1-15(2)17(23-9-11-26-12-10-23)13-22-18(25)16-5-3-8-24(14-16)19-20-6-4-7-21-19/h4,6-7,15-17H,3,5,8-14H2,1-2H3,(H,22,25). The maximum Gasteiger partial charge on any atom is 0.225 e. The van der Waals surface area contributed by atoms with E-state index in [0.29, 0.717) is 25.0 Å². The van der Waals surface area contributed by atoms with Gasteiger partial charge in [-0.25, -0.2) is 9.97 Å². The van der Waals surface area contributed by atoms with Gasteiger partial charge in [0, 0.05) is 51.2 Å². The van der Waals surface area contributed by atoms with Gasteiger partial charge in [-0.1, -0.05) is 13.8 Å². The highest BCUT2D eigenvalue weighted by molar-refractivity contribution is 5.79. The molecule has 0 aliphatic carbocycles. The number of hydrogen-bond donors (Lipinski definition) is 1. The van der Waals surface area contributed by atoms with Crippen LogP contribution in [0.25, 0.3) is 0 Å². The van der Waals surface area contributed by atoms with Crippen LogP contribution in [0.3, 0.4) is 0 Å². The Hall–Kier alpha value is -1.73. The van der Waals surface area contributed by atoms with E-state index >= 15 is 0 Å². The largest absolute Gasteiger partial charge is 0.379 e. The van der Waals surface area contributed by atoms with Crippen LogP contribution in [0.5, 0.6) is 0 Å². The number of amides is 1. The SMILES string of the molecule is CC(C)C(CNC(=O)C1CCCN(c2ncccn2)C1)N1CCOCC1. The van der Waals surface area contributed by atoms with Gasteiger partial charge in [-0.2, -0.15) is 0 Å². The highest BCUT2D eigenvalue weighted by atomic mass is 16.5. The highest BCUT2D eigenvalue weighted by Gasteiger charge is 2.29. The molecule has 1 aromatic heterocycles. The summed E-state index contributed by atoms with van der Waals surface area (Å²) >= 11 is 0. The molecule has 2 atom stereocenters. The minimum atomic E-state index is 0.00468. The normalized spacial score (nSPS) is 23.0. The average Bonchev–Trinajstić information content (AvgIpc) is 2.69. The Morgan fingerprint density at radius 2 is 2.00 bits per heavy atom. The number of carbonyl (C=O) groups is 1. The van der Waals surface area contributed by atoms with Gasteiger partial charge in [0.05, 0.1) is 19.1 Å². The van der Waals surface area contributed by atoms with Crippen molar-refractivity contribution in [2.75, 3.05) is 50.8 Å². The molecule has 26 heavy (non-hydrogen) atoms. The predicted octanol–water partition coefficient (Wildman–Crippen LogP) is 1.17. The van der Waals surface area contributed by atoms with Crippen molar-refractivity contribution in [3.05, 3.63) is 18.5 Å². The lowest BCUT2D eigenvalue weighted by Crippen LogP contribution is -2.52. The molecule has 1 N–H and O–H groups in total. The molecular weight excluding hydrogens is 330 g/mol. The van der Waals surface area contributed by atoms with Gasteiger partial charge < -0.3 is 15.0 Å². The van der Waals surface area contributed by atoms with Crippen molar-refractivity contribution in [2.45, 2.75) is 32.7 Å². The number of carbonyl (C=O) groups excluding carboxylic acids is 1. The van der Waals surface area contributed by atoms with E-state index in [1.807, 2.05) is 6.07 Å². The Morgan fingerprint density at radius 1 is 1.27 bits per heavy atom. The van der Waals surface area contributed by atoms with Gasteiger partial charge in [0.1, 0.15) is 0 Å². The van der Waals surface area contributed by atoms with Gasteiger partial charge in [-0.3, -0.25) is 9.69 Å². The zero-order valence-electron chi connectivity index (χ0n) is 15.9. The monoisotopic (exact) mass is 361 g/mol.